The number of piperazine rings is 1. The van der Waals surface area contributed by atoms with E-state index in [9.17, 15) is 9.59 Å². The SMILES string of the molecule is CC(C)CCCCN1CC(=O)NC2(CCCC2)C1=O. The van der Waals surface area contributed by atoms with Gasteiger partial charge in [-0.25, -0.2) is 0 Å². The minimum Gasteiger partial charge on any atom is -0.340 e. The molecular weight excluding hydrogens is 240 g/mol. The maximum atomic E-state index is 12.5. The maximum absolute atomic E-state index is 12.5. The standard InChI is InChI=1S/C15H26N2O2/c1-12(2)7-3-6-10-17-11-13(18)16-15(14(17)19)8-4-5-9-15/h12H,3-11H2,1-2H3,(H,16,18). The molecule has 19 heavy (non-hydrogen) atoms. The van der Waals surface area contributed by atoms with E-state index in [-0.39, 0.29) is 18.4 Å². The summed E-state index contributed by atoms with van der Waals surface area (Å²) in [5.74, 6) is 0.890. The van der Waals surface area contributed by atoms with E-state index in [1.54, 1.807) is 4.90 Å². The van der Waals surface area contributed by atoms with Gasteiger partial charge in [0.25, 0.3) is 0 Å². The second-order valence-corrected chi connectivity index (χ2v) is 6.45. The predicted octanol–water partition coefficient (Wildman–Crippen LogP) is 2.08. The second-order valence-electron chi connectivity index (χ2n) is 6.45. The smallest absolute Gasteiger partial charge is 0.248 e. The average molecular weight is 266 g/mol. The average Bonchev–Trinajstić information content (AvgIpc) is 2.79. The van der Waals surface area contributed by atoms with Crippen LogP contribution < -0.4 is 5.32 Å². The zero-order valence-electron chi connectivity index (χ0n) is 12.2. The maximum Gasteiger partial charge on any atom is 0.248 e. The monoisotopic (exact) mass is 266 g/mol. The molecule has 108 valence electrons. The molecule has 0 aromatic rings. The molecule has 0 unspecified atom stereocenters. The first-order chi connectivity index (χ1) is 9.03. The number of hydrogen-bond acceptors (Lipinski definition) is 2. The molecule has 0 aromatic heterocycles. The van der Waals surface area contributed by atoms with Gasteiger partial charge >= 0.3 is 0 Å². The van der Waals surface area contributed by atoms with Crippen LogP contribution >= 0.6 is 0 Å². The number of nitrogens with one attached hydrogen (secondary N) is 1. The lowest BCUT2D eigenvalue weighted by Crippen LogP contribution is -2.65. The first-order valence-electron chi connectivity index (χ1n) is 7.64. The van der Waals surface area contributed by atoms with Gasteiger partial charge in [-0.1, -0.05) is 39.5 Å². The van der Waals surface area contributed by atoms with E-state index < -0.39 is 5.54 Å². The quantitative estimate of drug-likeness (QED) is 0.775. The Morgan fingerprint density at radius 1 is 1.21 bits per heavy atom. The van der Waals surface area contributed by atoms with Crippen molar-refractivity contribution in [2.24, 2.45) is 5.92 Å². The third-order valence-corrected chi connectivity index (χ3v) is 4.33. The van der Waals surface area contributed by atoms with Gasteiger partial charge in [0.05, 0.1) is 6.54 Å². The van der Waals surface area contributed by atoms with Crippen LogP contribution in [0.25, 0.3) is 0 Å². The lowest BCUT2D eigenvalue weighted by Gasteiger charge is -2.39. The number of nitrogens with zero attached hydrogens (tertiary/aromatic N) is 1. The third kappa shape index (κ3) is 3.28. The molecule has 0 atom stereocenters. The molecule has 1 heterocycles. The minimum absolute atomic E-state index is 0.0189. The summed E-state index contributed by atoms with van der Waals surface area (Å²) in [6, 6.07) is 0. The fraction of sp³-hybridized carbons (Fsp3) is 0.867. The summed E-state index contributed by atoms with van der Waals surface area (Å²) in [7, 11) is 0. The molecule has 4 heteroatoms. The van der Waals surface area contributed by atoms with Crippen LogP contribution in [0.15, 0.2) is 0 Å². The Kier molecular flexibility index (Phi) is 4.48. The zero-order chi connectivity index (χ0) is 13.9. The molecule has 1 spiro atoms. The molecule has 1 N–H and O–H groups in total. The highest BCUT2D eigenvalue weighted by molar-refractivity contribution is 5.98. The number of hydrogen-bond donors (Lipinski definition) is 1. The van der Waals surface area contributed by atoms with Gasteiger partial charge in [-0.15, -0.1) is 0 Å². The van der Waals surface area contributed by atoms with E-state index in [1.165, 1.54) is 6.42 Å². The summed E-state index contributed by atoms with van der Waals surface area (Å²) >= 11 is 0. The fourth-order valence-corrected chi connectivity index (χ4v) is 3.26. The summed E-state index contributed by atoms with van der Waals surface area (Å²) < 4.78 is 0. The van der Waals surface area contributed by atoms with Crippen molar-refractivity contribution in [3.8, 4) is 0 Å². The number of carbonyl (C=O) groups excluding carboxylic acids is 2. The lowest BCUT2D eigenvalue weighted by molar-refractivity contribution is -0.149. The zero-order valence-corrected chi connectivity index (χ0v) is 12.2. The minimum atomic E-state index is -0.548. The van der Waals surface area contributed by atoms with Crippen molar-refractivity contribution in [3.05, 3.63) is 0 Å². The Hall–Kier alpha value is -1.06. The van der Waals surface area contributed by atoms with Gasteiger partial charge < -0.3 is 10.2 Å². The molecule has 0 bridgehead atoms. The van der Waals surface area contributed by atoms with E-state index in [4.69, 9.17) is 0 Å². The van der Waals surface area contributed by atoms with Gasteiger partial charge in [0.15, 0.2) is 0 Å². The predicted molar refractivity (Wildman–Crippen MR) is 74.6 cm³/mol. The van der Waals surface area contributed by atoms with Gasteiger partial charge in [-0.05, 0) is 25.2 Å². The Morgan fingerprint density at radius 3 is 2.53 bits per heavy atom. The molecule has 1 saturated heterocycles. The van der Waals surface area contributed by atoms with E-state index in [1.807, 2.05) is 0 Å². The number of unbranched alkanes of at least 4 members (excludes halogenated alkanes) is 1. The molecule has 0 radical (unpaired) electrons. The Morgan fingerprint density at radius 2 is 1.89 bits per heavy atom. The van der Waals surface area contributed by atoms with Crippen LogP contribution in [0.1, 0.15) is 58.8 Å². The highest BCUT2D eigenvalue weighted by atomic mass is 16.2. The summed E-state index contributed by atoms with van der Waals surface area (Å²) in [5.41, 5.74) is -0.548. The summed E-state index contributed by atoms with van der Waals surface area (Å²) in [6.45, 7) is 5.42. The first-order valence-corrected chi connectivity index (χ1v) is 7.64. The van der Waals surface area contributed by atoms with Gasteiger partial charge in [0.1, 0.15) is 5.54 Å². The molecule has 0 aromatic carbocycles. The molecule has 1 saturated carbocycles. The largest absolute Gasteiger partial charge is 0.340 e. The molecule has 1 aliphatic heterocycles. The topological polar surface area (TPSA) is 49.4 Å². The fourth-order valence-electron chi connectivity index (χ4n) is 3.26. The molecule has 4 nitrogen and oxygen atoms in total. The van der Waals surface area contributed by atoms with Crippen molar-refractivity contribution in [2.75, 3.05) is 13.1 Å². The summed E-state index contributed by atoms with van der Waals surface area (Å²) in [4.78, 5) is 26.1. The highest BCUT2D eigenvalue weighted by Gasteiger charge is 2.47. The Balaban J connectivity index is 1.89. The van der Waals surface area contributed by atoms with Crippen LogP contribution in [0.4, 0.5) is 0 Å². The lowest BCUT2D eigenvalue weighted by atomic mass is 9.93. The third-order valence-electron chi connectivity index (χ3n) is 4.33. The molecule has 2 amide bonds. The van der Waals surface area contributed by atoms with Crippen molar-refractivity contribution in [2.45, 2.75) is 64.3 Å². The number of carbonyl (C=O) groups is 2. The van der Waals surface area contributed by atoms with Crippen molar-refractivity contribution in [1.82, 2.24) is 10.2 Å². The van der Waals surface area contributed by atoms with Crippen LogP contribution in [-0.2, 0) is 9.59 Å². The van der Waals surface area contributed by atoms with Gasteiger partial charge in [-0.2, -0.15) is 0 Å². The van der Waals surface area contributed by atoms with E-state index in [2.05, 4.69) is 19.2 Å². The number of rotatable bonds is 5. The van der Waals surface area contributed by atoms with Crippen LogP contribution in [0.2, 0.25) is 0 Å². The van der Waals surface area contributed by atoms with Crippen molar-refractivity contribution < 1.29 is 9.59 Å². The molecular formula is C15H26N2O2. The van der Waals surface area contributed by atoms with Crippen LogP contribution in [-0.4, -0.2) is 35.3 Å². The molecule has 2 rings (SSSR count). The van der Waals surface area contributed by atoms with Crippen LogP contribution in [0.5, 0.6) is 0 Å². The van der Waals surface area contributed by atoms with Gasteiger partial charge in [0.2, 0.25) is 11.8 Å². The number of amides is 2. The van der Waals surface area contributed by atoms with Crippen molar-refractivity contribution in [3.63, 3.8) is 0 Å². The molecule has 2 fully saturated rings. The summed E-state index contributed by atoms with van der Waals surface area (Å²) in [5, 5.41) is 2.95. The van der Waals surface area contributed by atoms with Crippen molar-refractivity contribution >= 4 is 11.8 Å². The Labute approximate surface area is 115 Å². The van der Waals surface area contributed by atoms with Gasteiger partial charge in [-0.3, -0.25) is 9.59 Å². The van der Waals surface area contributed by atoms with E-state index >= 15 is 0 Å². The highest BCUT2D eigenvalue weighted by Crippen LogP contribution is 2.33. The van der Waals surface area contributed by atoms with Crippen LogP contribution in [0, 0.1) is 5.92 Å². The molecule has 1 aliphatic carbocycles. The first kappa shape index (κ1) is 14.4. The summed E-state index contributed by atoms with van der Waals surface area (Å²) in [6.07, 6.45) is 7.07. The molecule has 2 aliphatic rings. The second kappa shape index (κ2) is 5.93. The normalized spacial score (nSPS) is 22.4. The van der Waals surface area contributed by atoms with Crippen molar-refractivity contribution in [1.29, 1.82) is 0 Å². The van der Waals surface area contributed by atoms with E-state index in [0.29, 0.717) is 5.92 Å². The van der Waals surface area contributed by atoms with E-state index in [0.717, 1.165) is 45.1 Å². The van der Waals surface area contributed by atoms with Gasteiger partial charge in [0, 0.05) is 6.54 Å². The van der Waals surface area contributed by atoms with Crippen LogP contribution in [0.3, 0.4) is 0 Å². The Bertz CT molecular complexity index is 346.